The van der Waals surface area contributed by atoms with Crippen molar-refractivity contribution in [1.82, 2.24) is 0 Å². The van der Waals surface area contributed by atoms with Crippen molar-refractivity contribution in [3.63, 3.8) is 0 Å². The molecule has 0 aromatic rings. The molecule has 5 nitrogen and oxygen atoms in total. The molecule has 0 spiro atoms. The van der Waals surface area contributed by atoms with Crippen LogP contribution in [0.2, 0.25) is 0 Å². The fraction of sp³-hybridized carbons (Fsp3) is 0.900. The van der Waals surface area contributed by atoms with E-state index < -0.39 is 11.8 Å². The molecule has 0 fully saturated rings. The highest BCUT2D eigenvalue weighted by Crippen LogP contribution is 2.01. The zero-order chi connectivity index (χ0) is 12.3. The summed E-state index contributed by atoms with van der Waals surface area (Å²) < 4.78 is 4.26. The summed E-state index contributed by atoms with van der Waals surface area (Å²) in [5.41, 5.74) is -0.403. The Morgan fingerprint density at radius 1 is 1.27 bits per heavy atom. The van der Waals surface area contributed by atoms with Crippen molar-refractivity contribution in [2.24, 2.45) is 0 Å². The first kappa shape index (κ1) is 16.6. The Bertz CT molecular complexity index is 150. The molecule has 0 saturated heterocycles. The quantitative estimate of drug-likeness (QED) is 0.331. The van der Waals surface area contributed by atoms with Crippen LogP contribution in [-0.2, 0) is 9.62 Å². The van der Waals surface area contributed by atoms with Crippen LogP contribution in [0.1, 0.15) is 47.0 Å². The summed E-state index contributed by atoms with van der Waals surface area (Å²) in [5.74, 6) is 0. The van der Waals surface area contributed by atoms with E-state index in [0.717, 1.165) is 19.3 Å². The molecule has 0 amide bonds. The van der Waals surface area contributed by atoms with E-state index in [9.17, 15) is 4.79 Å². The maximum Gasteiger partial charge on any atom is 0.505 e. The van der Waals surface area contributed by atoms with Gasteiger partial charge in [0.15, 0.2) is 0 Å². The second-order valence-corrected chi connectivity index (χ2v) is 4.03. The first-order valence-electron chi connectivity index (χ1n) is 5.01. The Labute approximate surface area is 90.9 Å². The molecule has 0 aliphatic heterocycles. The van der Waals surface area contributed by atoms with Gasteiger partial charge in [0.2, 0.25) is 0 Å². The minimum absolute atomic E-state index is 0.336. The van der Waals surface area contributed by atoms with Gasteiger partial charge in [-0.2, -0.15) is 0 Å². The van der Waals surface area contributed by atoms with Gasteiger partial charge in [-0.05, 0) is 27.2 Å². The van der Waals surface area contributed by atoms with E-state index in [1.807, 2.05) is 0 Å². The Hall–Kier alpha value is -0.810. The maximum atomic E-state index is 9.74. The second-order valence-electron chi connectivity index (χ2n) is 4.03. The van der Waals surface area contributed by atoms with Gasteiger partial charge in [0, 0.05) is 0 Å². The molecule has 92 valence electrons. The van der Waals surface area contributed by atoms with E-state index >= 15 is 0 Å². The van der Waals surface area contributed by atoms with Crippen LogP contribution in [0.25, 0.3) is 0 Å². The summed E-state index contributed by atoms with van der Waals surface area (Å²) >= 11 is 0. The summed E-state index contributed by atoms with van der Waals surface area (Å²) in [4.78, 5) is 13.7. The third-order valence-electron chi connectivity index (χ3n) is 1.25. The summed E-state index contributed by atoms with van der Waals surface area (Å²) in [5, 5.41) is 15.9. The van der Waals surface area contributed by atoms with Gasteiger partial charge in [-0.1, -0.05) is 19.8 Å². The number of hydrogen-bond donors (Lipinski definition) is 2. The highest BCUT2D eigenvalue weighted by atomic mass is 17.1. The van der Waals surface area contributed by atoms with Crippen molar-refractivity contribution in [2.75, 3.05) is 6.61 Å². The second kappa shape index (κ2) is 9.73. The first-order chi connectivity index (χ1) is 6.83. The minimum atomic E-state index is -1.17. The standard InChI is InChI=1S/C6H12O3.C4H10O2/c1-2-3-4-5-9-6(7)8;1-4(2,3)6-5/h2-5H2,1H3,(H,7,8);5H,1-3H3. The van der Waals surface area contributed by atoms with Crippen LogP contribution in [-0.4, -0.2) is 28.7 Å². The van der Waals surface area contributed by atoms with E-state index in [1.165, 1.54) is 0 Å². The summed E-state index contributed by atoms with van der Waals surface area (Å²) in [7, 11) is 0. The van der Waals surface area contributed by atoms with Gasteiger partial charge in [0.25, 0.3) is 0 Å². The normalized spacial score (nSPS) is 10.2. The molecular weight excluding hydrogens is 200 g/mol. The van der Waals surface area contributed by atoms with Gasteiger partial charge in [-0.15, -0.1) is 0 Å². The third kappa shape index (κ3) is 24.6. The predicted molar refractivity (Wildman–Crippen MR) is 57.0 cm³/mol. The Morgan fingerprint density at radius 2 is 1.73 bits per heavy atom. The van der Waals surface area contributed by atoms with Crippen LogP contribution in [0.3, 0.4) is 0 Å². The molecule has 5 heteroatoms. The molecule has 0 atom stereocenters. The highest BCUT2D eigenvalue weighted by Gasteiger charge is 2.06. The smallest absolute Gasteiger partial charge is 0.450 e. The molecular formula is C10H22O5. The number of unbranched alkanes of at least 4 members (excludes halogenated alkanes) is 2. The van der Waals surface area contributed by atoms with E-state index in [1.54, 1.807) is 20.8 Å². The molecule has 0 saturated carbocycles. The fourth-order valence-corrected chi connectivity index (χ4v) is 0.512. The van der Waals surface area contributed by atoms with Gasteiger partial charge in [-0.3, -0.25) is 5.26 Å². The number of ether oxygens (including phenoxy) is 1. The maximum absolute atomic E-state index is 9.74. The van der Waals surface area contributed by atoms with Gasteiger partial charge in [-0.25, -0.2) is 9.68 Å². The van der Waals surface area contributed by atoms with Crippen LogP contribution in [0.5, 0.6) is 0 Å². The SMILES string of the molecule is CC(C)(C)OO.CCCCCOC(=O)O. The largest absolute Gasteiger partial charge is 0.505 e. The van der Waals surface area contributed by atoms with Crippen LogP contribution >= 0.6 is 0 Å². The van der Waals surface area contributed by atoms with Crippen molar-refractivity contribution in [3.8, 4) is 0 Å². The molecule has 0 heterocycles. The number of hydrogen-bond acceptors (Lipinski definition) is 4. The first-order valence-corrected chi connectivity index (χ1v) is 5.01. The zero-order valence-corrected chi connectivity index (χ0v) is 9.95. The topological polar surface area (TPSA) is 76.0 Å². The van der Waals surface area contributed by atoms with Crippen molar-refractivity contribution in [1.29, 1.82) is 0 Å². The van der Waals surface area contributed by atoms with Crippen molar-refractivity contribution >= 4 is 6.16 Å². The Kier molecular flexibility index (Phi) is 10.8. The monoisotopic (exact) mass is 222 g/mol. The summed E-state index contributed by atoms with van der Waals surface area (Å²) in [6.45, 7) is 7.71. The van der Waals surface area contributed by atoms with E-state index in [0.29, 0.717) is 6.61 Å². The van der Waals surface area contributed by atoms with E-state index in [-0.39, 0.29) is 0 Å². The van der Waals surface area contributed by atoms with Crippen molar-refractivity contribution in [2.45, 2.75) is 52.6 Å². The van der Waals surface area contributed by atoms with E-state index in [2.05, 4.69) is 16.5 Å². The lowest BCUT2D eigenvalue weighted by Crippen LogP contribution is -2.15. The lowest BCUT2D eigenvalue weighted by Gasteiger charge is -2.10. The molecule has 2 N–H and O–H groups in total. The average molecular weight is 222 g/mol. The van der Waals surface area contributed by atoms with Crippen molar-refractivity contribution in [3.05, 3.63) is 0 Å². The van der Waals surface area contributed by atoms with Crippen LogP contribution in [0, 0.1) is 0 Å². The molecule has 0 aromatic heterocycles. The molecule has 0 rings (SSSR count). The van der Waals surface area contributed by atoms with Gasteiger partial charge in [0.05, 0.1) is 12.2 Å². The van der Waals surface area contributed by atoms with Gasteiger partial charge < -0.3 is 9.84 Å². The molecule has 0 radical (unpaired) electrons. The van der Waals surface area contributed by atoms with Crippen LogP contribution in [0.4, 0.5) is 4.79 Å². The highest BCUT2D eigenvalue weighted by molar-refractivity contribution is 5.56. The number of rotatable bonds is 4. The number of carboxylic acid groups (broad SMARTS) is 1. The zero-order valence-electron chi connectivity index (χ0n) is 9.95. The molecule has 0 aliphatic rings. The molecule has 0 bridgehead atoms. The van der Waals surface area contributed by atoms with E-state index in [4.69, 9.17) is 10.4 Å². The molecule has 15 heavy (non-hydrogen) atoms. The van der Waals surface area contributed by atoms with Gasteiger partial charge in [0.1, 0.15) is 0 Å². The fourth-order valence-electron chi connectivity index (χ4n) is 0.512. The lowest BCUT2D eigenvalue weighted by molar-refractivity contribution is -0.306. The summed E-state index contributed by atoms with van der Waals surface area (Å²) in [6.07, 6.45) is 1.78. The number of carbonyl (C=O) groups is 1. The minimum Gasteiger partial charge on any atom is -0.450 e. The Balaban J connectivity index is 0. The Morgan fingerprint density at radius 3 is 2.00 bits per heavy atom. The molecule has 0 unspecified atom stereocenters. The third-order valence-corrected chi connectivity index (χ3v) is 1.25. The molecule has 0 aliphatic carbocycles. The lowest BCUT2D eigenvalue weighted by atomic mass is 10.2. The van der Waals surface area contributed by atoms with Crippen LogP contribution in [0.15, 0.2) is 0 Å². The van der Waals surface area contributed by atoms with Crippen LogP contribution < -0.4 is 0 Å². The van der Waals surface area contributed by atoms with Gasteiger partial charge >= 0.3 is 6.16 Å². The average Bonchev–Trinajstić information content (AvgIpc) is 2.12. The summed E-state index contributed by atoms with van der Waals surface area (Å²) in [6, 6.07) is 0. The van der Waals surface area contributed by atoms with Crippen molar-refractivity contribution < 1.29 is 24.8 Å². The molecule has 0 aromatic carbocycles. The predicted octanol–water partition coefficient (Wildman–Crippen LogP) is 3.15.